The van der Waals surface area contributed by atoms with Crippen molar-refractivity contribution in [2.24, 2.45) is 5.92 Å². The Morgan fingerprint density at radius 3 is 2.56 bits per heavy atom. The quantitative estimate of drug-likeness (QED) is 0.496. The summed E-state index contributed by atoms with van der Waals surface area (Å²) >= 11 is 0. The molecule has 0 nitrogen and oxygen atoms in total. The molecule has 0 atom stereocenters. The summed E-state index contributed by atoms with van der Waals surface area (Å²) in [5, 5.41) is 0. The van der Waals surface area contributed by atoms with Crippen molar-refractivity contribution in [3.8, 4) is 0 Å². The third-order valence-corrected chi connectivity index (χ3v) is 2.04. The van der Waals surface area contributed by atoms with Crippen LogP contribution in [0.2, 0.25) is 0 Å². The van der Waals surface area contributed by atoms with Crippen LogP contribution in [0.25, 0.3) is 0 Å². The molecule has 9 heavy (non-hydrogen) atoms. The minimum atomic E-state index is 0.935. The lowest BCUT2D eigenvalue weighted by molar-refractivity contribution is 0.683. The van der Waals surface area contributed by atoms with Gasteiger partial charge >= 0.3 is 0 Å². The molecule has 0 heteroatoms. The molecule has 1 saturated carbocycles. The highest BCUT2D eigenvalue weighted by Crippen LogP contribution is 2.25. The SMILES string of the molecule is CC/C=C\C1CCCC1. The maximum absolute atomic E-state index is 2.40. The lowest BCUT2D eigenvalue weighted by Crippen LogP contribution is -1.84. The van der Waals surface area contributed by atoms with Crippen molar-refractivity contribution in [3.63, 3.8) is 0 Å². The molecule has 0 aromatic heterocycles. The Bertz CT molecular complexity index is 86.2. The minimum absolute atomic E-state index is 0.935. The van der Waals surface area contributed by atoms with Crippen LogP contribution in [0.15, 0.2) is 12.2 Å². The number of hydrogen-bond acceptors (Lipinski definition) is 0. The molecule has 1 rings (SSSR count). The molecule has 0 unspecified atom stereocenters. The molecule has 0 aliphatic heterocycles. The molecule has 0 N–H and O–H groups in total. The summed E-state index contributed by atoms with van der Waals surface area (Å²) in [6, 6.07) is 0. The van der Waals surface area contributed by atoms with E-state index in [0.717, 1.165) is 5.92 Å². The summed E-state index contributed by atoms with van der Waals surface area (Å²) in [7, 11) is 0. The lowest BCUT2D eigenvalue weighted by atomic mass is 10.1. The molecule has 0 heterocycles. The van der Waals surface area contributed by atoms with Gasteiger partial charge in [0, 0.05) is 0 Å². The Labute approximate surface area is 58.0 Å². The van der Waals surface area contributed by atoms with Crippen molar-refractivity contribution < 1.29 is 0 Å². The molecule has 0 amide bonds. The molecule has 0 radical (unpaired) electrons. The molecule has 0 aromatic rings. The standard InChI is InChI=1S/C9H16/c1-2-3-6-9-7-4-5-8-9/h3,6,9H,2,4-5,7-8H2,1H3/b6-3-. The van der Waals surface area contributed by atoms with E-state index in [-0.39, 0.29) is 0 Å². The Hall–Kier alpha value is -0.260. The largest absolute Gasteiger partial charge is 0.0885 e. The van der Waals surface area contributed by atoms with Crippen LogP contribution < -0.4 is 0 Å². The van der Waals surface area contributed by atoms with E-state index in [2.05, 4.69) is 19.1 Å². The highest BCUT2D eigenvalue weighted by atomic mass is 14.2. The van der Waals surface area contributed by atoms with E-state index in [4.69, 9.17) is 0 Å². The molecular formula is C9H16. The van der Waals surface area contributed by atoms with Crippen LogP contribution in [0, 0.1) is 5.92 Å². The van der Waals surface area contributed by atoms with Crippen molar-refractivity contribution >= 4 is 0 Å². The summed E-state index contributed by atoms with van der Waals surface area (Å²) in [5.74, 6) is 0.935. The third kappa shape index (κ3) is 2.21. The summed E-state index contributed by atoms with van der Waals surface area (Å²) in [4.78, 5) is 0. The van der Waals surface area contributed by atoms with Gasteiger partial charge in [-0.3, -0.25) is 0 Å². The van der Waals surface area contributed by atoms with Gasteiger partial charge in [-0.05, 0) is 25.2 Å². The van der Waals surface area contributed by atoms with E-state index in [0.29, 0.717) is 0 Å². The molecule has 0 bridgehead atoms. The molecule has 1 aliphatic carbocycles. The van der Waals surface area contributed by atoms with Gasteiger partial charge in [-0.15, -0.1) is 0 Å². The van der Waals surface area contributed by atoms with E-state index >= 15 is 0 Å². The van der Waals surface area contributed by atoms with Gasteiger partial charge in [0.25, 0.3) is 0 Å². The maximum Gasteiger partial charge on any atom is -0.0234 e. The average molecular weight is 124 g/mol. The molecule has 0 aromatic carbocycles. The lowest BCUT2D eigenvalue weighted by Gasteiger charge is -1.97. The fourth-order valence-corrected chi connectivity index (χ4v) is 1.48. The van der Waals surface area contributed by atoms with Crippen LogP contribution in [0.3, 0.4) is 0 Å². The number of rotatable bonds is 2. The minimum Gasteiger partial charge on any atom is -0.0885 e. The first kappa shape index (κ1) is 6.85. The van der Waals surface area contributed by atoms with E-state index in [9.17, 15) is 0 Å². The van der Waals surface area contributed by atoms with Gasteiger partial charge in [-0.2, -0.15) is 0 Å². The fourth-order valence-electron chi connectivity index (χ4n) is 1.48. The van der Waals surface area contributed by atoms with E-state index in [1.807, 2.05) is 0 Å². The normalized spacial score (nSPS) is 21.9. The molecule has 1 fully saturated rings. The topological polar surface area (TPSA) is 0 Å². The van der Waals surface area contributed by atoms with Crippen molar-refractivity contribution in [1.82, 2.24) is 0 Å². The molecule has 0 saturated heterocycles. The second kappa shape index (κ2) is 3.71. The monoisotopic (exact) mass is 124 g/mol. The molecule has 1 aliphatic rings. The van der Waals surface area contributed by atoms with E-state index < -0.39 is 0 Å². The van der Waals surface area contributed by atoms with Crippen LogP contribution in [-0.2, 0) is 0 Å². The van der Waals surface area contributed by atoms with Crippen molar-refractivity contribution in [3.05, 3.63) is 12.2 Å². The smallest absolute Gasteiger partial charge is 0.0234 e. The predicted octanol–water partition coefficient (Wildman–Crippen LogP) is 3.14. The average Bonchev–Trinajstić information content (AvgIpc) is 2.34. The highest BCUT2D eigenvalue weighted by Gasteiger charge is 2.10. The van der Waals surface area contributed by atoms with E-state index in [1.165, 1.54) is 32.1 Å². The Morgan fingerprint density at radius 1 is 1.33 bits per heavy atom. The molecule has 52 valence electrons. The first-order valence-electron chi connectivity index (χ1n) is 4.10. The summed E-state index contributed by atoms with van der Waals surface area (Å²) in [6.07, 6.45) is 11.7. The fraction of sp³-hybridized carbons (Fsp3) is 0.778. The second-order valence-corrected chi connectivity index (χ2v) is 2.88. The van der Waals surface area contributed by atoms with Gasteiger partial charge in [-0.25, -0.2) is 0 Å². The maximum atomic E-state index is 2.40. The number of allylic oxidation sites excluding steroid dienone is 2. The van der Waals surface area contributed by atoms with Gasteiger partial charge in [0.15, 0.2) is 0 Å². The van der Waals surface area contributed by atoms with Crippen LogP contribution in [-0.4, -0.2) is 0 Å². The first-order valence-corrected chi connectivity index (χ1v) is 4.10. The molecule has 0 spiro atoms. The van der Waals surface area contributed by atoms with Gasteiger partial charge in [0.05, 0.1) is 0 Å². The van der Waals surface area contributed by atoms with Gasteiger partial charge in [-0.1, -0.05) is 31.9 Å². The third-order valence-electron chi connectivity index (χ3n) is 2.04. The second-order valence-electron chi connectivity index (χ2n) is 2.88. The summed E-state index contributed by atoms with van der Waals surface area (Å²) in [5.41, 5.74) is 0. The zero-order valence-corrected chi connectivity index (χ0v) is 6.27. The summed E-state index contributed by atoms with van der Waals surface area (Å²) in [6.45, 7) is 2.20. The van der Waals surface area contributed by atoms with Gasteiger partial charge in [0.2, 0.25) is 0 Å². The van der Waals surface area contributed by atoms with Gasteiger partial charge < -0.3 is 0 Å². The summed E-state index contributed by atoms with van der Waals surface area (Å²) < 4.78 is 0. The van der Waals surface area contributed by atoms with Gasteiger partial charge in [0.1, 0.15) is 0 Å². The Morgan fingerprint density at radius 2 is 2.00 bits per heavy atom. The molecular weight excluding hydrogens is 108 g/mol. The van der Waals surface area contributed by atoms with Crippen LogP contribution in [0.5, 0.6) is 0 Å². The van der Waals surface area contributed by atoms with Crippen LogP contribution in [0.4, 0.5) is 0 Å². The van der Waals surface area contributed by atoms with Crippen molar-refractivity contribution in [2.75, 3.05) is 0 Å². The van der Waals surface area contributed by atoms with Crippen molar-refractivity contribution in [2.45, 2.75) is 39.0 Å². The first-order chi connectivity index (χ1) is 4.43. The van der Waals surface area contributed by atoms with E-state index in [1.54, 1.807) is 0 Å². The van der Waals surface area contributed by atoms with Crippen LogP contribution >= 0.6 is 0 Å². The van der Waals surface area contributed by atoms with Crippen LogP contribution in [0.1, 0.15) is 39.0 Å². The zero-order chi connectivity index (χ0) is 6.53. The predicted molar refractivity (Wildman–Crippen MR) is 41.4 cm³/mol. The Kier molecular flexibility index (Phi) is 2.82. The van der Waals surface area contributed by atoms with Crippen molar-refractivity contribution in [1.29, 1.82) is 0 Å². The number of hydrogen-bond donors (Lipinski definition) is 0. The highest BCUT2D eigenvalue weighted by molar-refractivity contribution is 4.89. The zero-order valence-electron chi connectivity index (χ0n) is 6.27. The Balaban J connectivity index is 2.18.